The molecule has 2 rings (SSSR count). The van der Waals surface area contributed by atoms with Gasteiger partial charge in [0.1, 0.15) is 12.3 Å². The maximum absolute atomic E-state index is 10.9. The highest BCUT2D eigenvalue weighted by molar-refractivity contribution is 5.66. The van der Waals surface area contributed by atoms with Crippen molar-refractivity contribution >= 4 is 11.7 Å². The van der Waals surface area contributed by atoms with E-state index in [2.05, 4.69) is 4.98 Å². The van der Waals surface area contributed by atoms with Gasteiger partial charge >= 0.3 is 5.97 Å². The maximum atomic E-state index is 10.9. The molecular weight excluding hydrogens is 224 g/mol. The van der Waals surface area contributed by atoms with Crippen LogP contribution in [0.25, 0.3) is 0 Å². The summed E-state index contributed by atoms with van der Waals surface area (Å²) in [5.41, 5.74) is 2.13. The molecule has 6 nitrogen and oxygen atoms in total. The van der Waals surface area contributed by atoms with E-state index in [1.165, 1.54) is 13.1 Å². The number of hydrogen-bond acceptors (Lipinski definition) is 5. The smallest absolute Gasteiger partial charge is 0.303 e. The Morgan fingerprint density at radius 3 is 2.94 bits per heavy atom. The molecule has 0 saturated heterocycles. The fourth-order valence-electron chi connectivity index (χ4n) is 2.16. The summed E-state index contributed by atoms with van der Waals surface area (Å²) in [7, 11) is 0. The first kappa shape index (κ1) is 11.5. The van der Waals surface area contributed by atoms with E-state index in [0.29, 0.717) is 24.1 Å². The number of pyridine rings is 1. The summed E-state index contributed by atoms with van der Waals surface area (Å²) in [6.45, 7) is 3.05. The Bertz CT molecular complexity index is 498. The average Bonchev–Trinajstić information content (AvgIpc) is 2.61. The van der Waals surface area contributed by atoms with E-state index in [4.69, 9.17) is 4.74 Å². The number of nitrogens with zero attached hydrogens (tertiary/aromatic N) is 2. The van der Waals surface area contributed by atoms with Crippen molar-refractivity contribution in [2.75, 3.05) is 0 Å². The molecule has 0 radical (unpaired) electrons. The third kappa shape index (κ3) is 1.98. The Morgan fingerprint density at radius 1 is 1.65 bits per heavy atom. The molecule has 90 valence electrons. The molecule has 0 N–H and O–H groups in total. The summed E-state index contributed by atoms with van der Waals surface area (Å²) in [6, 6.07) is 0. The second kappa shape index (κ2) is 4.12. The second-order valence-electron chi connectivity index (χ2n) is 4.03. The number of aromatic nitrogens is 1. The van der Waals surface area contributed by atoms with E-state index in [-0.39, 0.29) is 17.8 Å². The quantitative estimate of drug-likeness (QED) is 0.444. The zero-order valence-electron chi connectivity index (χ0n) is 9.60. The zero-order chi connectivity index (χ0) is 12.6. The monoisotopic (exact) mass is 236 g/mol. The highest BCUT2D eigenvalue weighted by atomic mass is 16.6. The van der Waals surface area contributed by atoms with Crippen LogP contribution in [0.15, 0.2) is 6.20 Å². The predicted molar refractivity (Wildman–Crippen MR) is 58.5 cm³/mol. The van der Waals surface area contributed by atoms with Gasteiger partial charge in [-0.1, -0.05) is 0 Å². The van der Waals surface area contributed by atoms with E-state index >= 15 is 0 Å². The average molecular weight is 236 g/mol. The Kier molecular flexibility index (Phi) is 2.79. The van der Waals surface area contributed by atoms with Crippen LogP contribution in [0.1, 0.15) is 36.3 Å². The molecule has 17 heavy (non-hydrogen) atoms. The first-order valence-corrected chi connectivity index (χ1v) is 5.30. The van der Waals surface area contributed by atoms with E-state index in [1.807, 2.05) is 0 Å². The Hall–Kier alpha value is -1.98. The van der Waals surface area contributed by atoms with Crippen LogP contribution in [0.3, 0.4) is 0 Å². The van der Waals surface area contributed by atoms with E-state index in [9.17, 15) is 14.9 Å². The SMILES string of the molecule is CC(=O)OC1CCc2c1ncc([N+](=O)[O-])c2C. The lowest BCUT2D eigenvalue weighted by atomic mass is 10.1. The minimum atomic E-state index is -0.443. The molecule has 0 spiro atoms. The molecular formula is C11H12N2O4. The molecule has 0 aliphatic heterocycles. The van der Waals surface area contributed by atoms with Crippen molar-refractivity contribution in [3.8, 4) is 0 Å². The van der Waals surface area contributed by atoms with Crippen molar-refractivity contribution in [2.45, 2.75) is 32.8 Å². The number of nitro groups is 1. The Balaban J connectivity index is 2.40. The topological polar surface area (TPSA) is 82.3 Å². The number of hydrogen-bond donors (Lipinski definition) is 0. The summed E-state index contributed by atoms with van der Waals surface area (Å²) in [6.07, 6.45) is 2.18. The number of fused-ring (bicyclic) bond motifs is 1. The van der Waals surface area contributed by atoms with Crippen molar-refractivity contribution in [1.29, 1.82) is 0 Å². The van der Waals surface area contributed by atoms with Gasteiger partial charge < -0.3 is 4.74 Å². The number of ether oxygens (including phenoxy) is 1. The molecule has 1 heterocycles. The third-order valence-electron chi connectivity index (χ3n) is 2.94. The fraction of sp³-hybridized carbons (Fsp3) is 0.455. The Morgan fingerprint density at radius 2 is 2.35 bits per heavy atom. The van der Waals surface area contributed by atoms with Gasteiger partial charge in [-0.3, -0.25) is 14.9 Å². The van der Waals surface area contributed by atoms with E-state index < -0.39 is 4.92 Å². The van der Waals surface area contributed by atoms with Gasteiger partial charge in [-0.2, -0.15) is 0 Å². The number of esters is 1. The van der Waals surface area contributed by atoms with Gasteiger partial charge in [0.25, 0.3) is 5.69 Å². The highest BCUT2D eigenvalue weighted by Crippen LogP contribution is 2.36. The minimum absolute atomic E-state index is 0.0206. The van der Waals surface area contributed by atoms with Crippen molar-refractivity contribution in [1.82, 2.24) is 4.98 Å². The first-order valence-electron chi connectivity index (χ1n) is 5.30. The van der Waals surface area contributed by atoms with Crippen LogP contribution in [-0.4, -0.2) is 15.9 Å². The van der Waals surface area contributed by atoms with Gasteiger partial charge in [0.05, 0.1) is 10.6 Å². The van der Waals surface area contributed by atoms with Crippen molar-refractivity contribution in [3.63, 3.8) is 0 Å². The molecule has 0 fully saturated rings. The normalized spacial score (nSPS) is 17.6. The van der Waals surface area contributed by atoms with Crippen LogP contribution < -0.4 is 0 Å². The maximum Gasteiger partial charge on any atom is 0.303 e. The van der Waals surface area contributed by atoms with E-state index in [0.717, 1.165) is 5.56 Å². The van der Waals surface area contributed by atoms with Crippen LogP contribution in [-0.2, 0) is 16.0 Å². The molecule has 1 aromatic heterocycles. The van der Waals surface area contributed by atoms with Crippen molar-refractivity contribution < 1.29 is 14.5 Å². The van der Waals surface area contributed by atoms with E-state index in [1.54, 1.807) is 6.92 Å². The molecule has 1 aliphatic rings. The molecule has 1 aliphatic carbocycles. The van der Waals surface area contributed by atoms with Gasteiger partial charge in [-0.25, -0.2) is 4.98 Å². The summed E-state index contributed by atoms with van der Waals surface area (Å²) in [5, 5.41) is 10.8. The summed E-state index contributed by atoms with van der Waals surface area (Å²) < 4.78 is 5.12. The largest absolute Gasteiger partial charge is 0.456 e. The number of rotatable bonds is 2. The third-order valence-corrected chi connectivity index (χ3v) is 2.94. The predicted octanol–water partition coefficient (Wildman–Crippen LogP) is 1.85. The van der Waals surface area contributed by atoms with Crippen molar-refractivity contribution in [2.24, 2.45) is 0 Å². The van der Waals surface area contributed by atoms with Gasteiger partial charge in [0.15, 0.2) is 0 Å². The zero-order valence-corrected chi connectivity index (χ0v) is 9.60. The Labute approximate surface area is 97.8 Å². The lowest BCUT2D eigenvalue weighted by Gasteiger charge is -2.11. The van der Waals surface area contributed by atoms with Crippen LogP contribution in [0, 0.1) is 17.0 Å². The lowest BCUT2D eigenvalue weighted by Crippen LogP contribution is -2.07. The van der Waals surface area contributed by atoms with Crippen LogP contribution in [0.5, 0.6) is 0 Å². The fourth-order valence-corrected chi connectivity index (χ4v) is 2.16. The van der Waals surface area contributed by atoms with Crippen LogP contribution >= 0.6 is 0 Å². The molecule has 1 unspecified atom stereocenters. The standard InChI is InChI=1S/C11H12N2O4/c1-6-8-3-4-10(17-7(2)14)11(8)12-5-9(6)13(15)16/h5,10H,3-4H2,1-2H3. The van der Waals surface area contributed by atoms with Crippen LogP contribution in [0.2, 0.25) is 0 Å². The molecule has 0 saturated carbocycles. The van der Waals surface area contributed by atoms with Gasteiger partial charge in [0.2, 0.25) is 0 Å². The molecule has 0 amide bonds. The van der Waals surface area contributed by atoms with Crippen LogP contribution in [0.4, 0.5) is 5.69 Å². The molecule has 0 aromatic carbocycles. The summed E-state index contributed by atoms with van der Waals surface area (Å²) in [5.74, 6) is -0.361. The summed E-state index contributed by atoms with van der Waals surface area (Å²) >= 11 is 0. The first-order chi connectivity index (χ1) is 8.00. The highest BCUT2D eigenvalue weighted by Gasteiger charge is 2.30. The second-order valence-corrected chi connectivity index (χ2v) is 4.03. The molecule has 6 heteroatoms. The van der Waals surface area contributed by atoms with Gasteiger partial charge in [-0.05, 0) is 25.3 Å². The minimum Gasteiger partial charge on any atom is -0.456 e. The summed E-state index contributed by atoms with van der Waals surface area (Å²) in [4.78, 5) is 25.3. The molecule has 0 bridgehead atoms. The molecule has 1 aromatic rings. The number of carbonyl (C=O) groups excluding carboxylic acids is 1. The van der Waals surface area contributed by atoms with Gasteiger partial charge in [-0.15, -0.1) is 0 Å². The van der Waals surface area contributed by atoms with Crippen molar-refractivity contribution in [3.05, 3.63) is 33.1 Å². The number of carbonyl (C=O) groups is 1. The molecule has 1 atom stereocenters. The lowest BCUT2D eigenvalue weighted by molar-refractivity contribution is -0.385. The van der Waals surface area contributed by atoms with Gasteiger partial charge in [0, 0.05) is 12.5 Å².